The maximum absolute atomic E-state index is 11.7. The van der Waals surface area contributed by atoms with Crippen molar-refractivity contribution in [3.8, 4) is 38.8 Å². The normalized spacial score (nSPS) is 13.4. The van der Waals surface area contributed by atoms with Gasteiger partial charge in [0, 0.05) is 33.3 Å². The number of hydrogen-bond donors (Lipinski definition) is 1. The number of hydrogen-bond acceptors (Lipinski definition) is 5. The molecule has 0 saturated heterocycles. The predicted molar refractivity (Wildman–Crippen MR) is 189 cm³/mol. The molecule has 1 aliphatic carbocycles. The molecule has 2 heterocycles. The van der Waals surface area contributed by atoms with Gasteiger partial charge in [0.2, 0.25) is 0 Å². The minimum absolute atomic E-state index is 0. The highest BCUT2D eigenvalue weighted by molar-refractivity contribution is 7.14. The van der Waals surface area contributed by atoms with Crippen LogP contribution in [0, 0.1) is 6.92 Å². The Morgan fingerprint density at radius 1 is 0.935 bits per heavy atom. The summed E-state index contributed by atoms with van der Waals surface area (Å²) in [4.78, 5) is 22.4. The van der Waals surface area contributed by atoms with E-state index in [1.165, 1.54) is 24.1 Å². The Morgan fingerprint density at radius 2 is 1.65 bits per heavy atom. The fraction of sp³-hybridized carbons (Fsp3) is 0.216. The van der Waals surface area contributed by atoms with Crippen LogP contribution in [0.4, 0.5) is 0 Å². The Hall–Kier alpha value is -4.17. The SMILES string of the molecule is Cc1cnc(-c2ccc(-c3ccc(Cl)cc3)c(COc3ccc(-c4nc5cc(C(=O)O)ccc5n4C4CCCCC4)cc3)c2)s1.Cl. The van der Waals surface area contributed by atoms with E-state index >= 15 is 0 Å². The number of imidazole rings is 1. The summed E-state index contributed by atoms with van der Waals surface area (Å²) in [5.41, 5.74) is 7.19. The van der Waals surface area contributed by atoms with Crippen molar-refractivity contribution in [2.75, 3.05) is 0 Å². The lowest BCUT2D eigenvalue weighted by molar-refractivity contribution is 0.0697. The Bertz CT molecular complexity index is 2000. The molecule has 0 aliphatic heterocycles. The van der Waals surface area contributed by atoms with Crippen molar-refractivity contribution in [1.29, 1.82) is 0 Å². The van der Waals surface area contributed by atoms with Crippen LogP contribution in [0.1, 0.15) is 58.9 Å². The van der Waals surface area contributed by atoms with E-state index in [0.717, 1.165) is 62.8 Å². The van der Waals surface area contributed by atoms with Gasteiger partial charge in [-0.15, -0.1) is 23.7 Å². The van der Waals surface area contributed by atoms with Crippen LogP contribution in [0.25, 0.3) is 44.1 Å². The number of ether oxygens (including phenoxy) is 1. The van der Waals surface area contributed by atoms with Crippen LogP contribution < -0.4 is 4.74 Å². The van der Waals surface area contributed by atoms with E-state index in [1.54, 1.807) is 23.5 Å². The zero-order valence-electron chi connectivity index (χ0n) is 25.3. The van der Waals surface area contributed by atoms with Gasteiger partial charge in [0.05, 0.1) is 16.6 Å². The van der Waals surface area contributed by atoms with Gasteiger partial charge in [-0.05, 0) is 97.1 Å². The van der Waals surface area contributed by atoms with Crippen LogP contribution >= 0.6 is 35.3 Å². The summed E-state index contributed by atoms with van der Waals surface area (Å²) < 4.78 is 8.70. The fourth-order valence-electron chi connectivity index (χ4n) is 6.25. The number of carbonyl (C=O) groups is 1. The molecule has 9 heteroatoms. The summed E-state index contributed by atoms with van der Waals surface area (Å²) >= 11 is 7.86. The smallest absolute Gasteiger partial charge is 0.335 e. The van der Waals surface area contributed by atoms with Gasteiger partial charge in [-0.3, -0.25) is 0 Å². The molecule has 46 heavy (non-hydrogen) atoms. The number of benzene rings is 4. The maximum atomic E-state index is 11.7. The molecule has 1 fully saturated rings. The molecule has 0 atom stereocenters. The quantitative estimate of drug-likeness (QED) is 0.174. The lowest BCUT2D eigenvalue weighted by Crippen LogP contribution is -2.14. The van der Waals surface area contributed by atoms with Gasteiger partial charge in [0.15, 0.2) is 0 Å². The van der Waals surface area contributed by atoms with Gasteiger partial charge in [-0.2, -0.15) is 0 Å². The number of aromatic nitrogens is 3. The van der Waals surface area contributed by atoms with Crippen molar-refractivity contribution in [2.24, 2.45) is 0 Å². The van der Waals surface area contributed by atoms with Crippen molar-refractivity contribution in [1.82, 2.24) is 14.5 Å². The van der Waals surface area contributed by atoms with E-state index in [9.17, 15) is 9.90 Å². The number of rotatable bonds is 8. The minimum Gasteiger partial charge on any atom is -0.489 e. The van der Waals surface area contributed by atoms with Gasteiger partial charge >= 0.3 is 5.97 Å². The van der Waals surface area contributed by atoms with Gasteiger partial charge < -0.3 is 14.4 Å². The number of aromatic carboxylic acids is 1. The van der Waals surface area contributed by atoms with E-state index in [-0.39, 0.29) is 18.0 Å². The maximum Gasteiger partial charge on any atom is 0.335 e. The zero-order chi connectivity index (χ0) is 30.9. The third-order valence-electron chi connectivity index (χ3n) is 8.51. The summed E-state index contributed by atoms with van der Waals surface area (Å²) in [6, 6.07) is 27.9. The lowest BCUT2D eigenvalue weighted by Gasteiger charge is -2.25. The number of aryl methyl sites for hydroxylation is 1. The van der Waals surface area contributed by atoms with E-state index < -0.39 is 5.97 Å². The van der Waals surface area contributed by atoms with Gasteiger partial charge in [-0.1, -0.05) is 55.1 Å². The Kier molecular flexibility index (Phi) is 9.45. The van der Waals surface area contributed by atoms with Crippen LogP contribution in [0.3, 0.4) is 0 Å². The standard InChI is InChI=1S/C37H32ClN3O3S.ClH/c1-23-21-39-36(45-23)26-11-17-32(24-7-13-29(38)14-8-24)28(19-26)22-44-31-15-9-25(10-16-31)35-40-33-20-27(37(42)43)12-18-34(33)41(35)30-5-3-2-4-6-30;/h7-21,30H,2-6,22H2,1H3,(H,42,43);1H. The molecule has 1 N–H and O–H groups in total. The van der Waals surface area contributed by atoms with Crippen LogP contribution in [0.5, 0.6) is 5.75 Å². The molecule has 0 amide bonds. The molecule has 0 bridgehead atoms. The van der Waals surface area contributed by atoms with E-state index in [0.29, 0.717) is 23.2 Å². The summed E-state index contributed by atoms with van der Waals surface area (Å²) in [7, 11) is 0. The average Bonchev–Trinajstić information content (AvgIpc) is 3.68. The molecule has 4 aromatic carbocycles. The van der Waals surface area contributed by atoms with Gasteiger partial charge in [-0.25, -0.2) is 14.8 Å². The monoisotopic (exact) mass is 669 g/mol. The van der Waals surface area contributed by atoms with E-state index in [1.807, 2.05) is 60.8 Å². The van der Waals surface area contributed by atoms with Crippen molar-refractivity contribution in [3.63, 3.8) is 0 Å². The fourth-order valence-corrected chi connectivity index (χ4v) is 7.14. The van der Waals surface area contributed by atoms with Crippen molar-refractivity contribution in [3.05, 3.63) is 112 Å². The third-order valence-corrected chi connectivity index (χ3v) is 9.73. The Labute approximate surface area is 283 Å². The summed E-state index contributed by atoms with van der Waals surface area (Å²) in [5.74, 6) is 0.672. The van der Waals surface area contributed by atoms with Crippen molar-refractivity contribution >= 4 is 52.3 Å². The topological polar surface area (TPSA) is 77.2 Å². The predicted octanol–water partition coefficient (Wildman–Crippen LogP) is 10.7. The van der Waals surface area contributed by atoms with E-state index in [2.05, 4.69) is 34.7 Å². The first-order valence-electron chi connectivity index (χ1n) is 15.2. The van der Waals surface area contributed by atoms with Crippen molar-refractivity contribution < 1.29 is 14.6 Å². The second-order valence-corrected chi connectivity index (χ2v) is 13.2. The molecule has 6 aromatic rings. The number of halogens is 2. The highest BCUT2D eigenvalue weighted by Gasteiger charge is 2.23. The molecule has 234 valence electrons. The first-order chi connectivity index (χ1) is 21.9. The molecule has 0 unspecified atom stereocenters. The van der Waals surface area contributed by atoms with Crippen LogP contribution in [0.15, 0.2) is 91.1 Å². The Morgan fingerprint density at radius 3 is 2.35 bits per heavy atom. The highest BCUT2D eigenvalue weighted by Crippen LogP contribution is 2.37. The third kappa shape index (κ3) is 6.54. The van der Waals surface area contributed by atoms with Gasteiger partial charge in [0.1, 0.15) is 23.2 Å². The molecule has 0 spiro atoms. The molecule has 1 aliphatic rings. The molecule has 0 radical (unpaired) electrons. The summed E-state index contributed by atoms with van der Waals surface area (Å²) in [6.45, 7) is 2.45. The average molecular weight is 671 g/mol. The number of carboxylic acid groups (broad SMARTS) is 1. The molecule has 7 rings (SSSR count). The number of thiazole rings is 1. The Balaban J connectivity index is 0.00000372. The first-order valence-corrected chi connectivity index (χ1v) is 16.4. The highest BCUT2D eigenvalue weighted by atomic mass is 35.5. The molecular formula is C37H33Cl2N3O3S. The van der Waals surface area contributed by atoms with E-state index in [4.69, 9.17) is 21.3 Å². The van der Waals surface area contributed by atoms with Crippen LogP contribution in [-0.4, -0.2) is 25.6 Å². The second-order valence-electron chi connectivity index (χ2n) is 11.6. The van der Waals surface area contributed by atoms with Gasteiger partial charge in [0.25, 0.3) is 0 Å². The molecule has 1 saturated carbocycles. The van der Waals surface area contributed by atoms with Crippen LogP contribution in [-0.2, 0) is 6.61 Å². The number of fused-ring (bicyclic) bond motifs is 1. The minimum atomic E-state index is -0.946. The summed E-state index contributed by atoms with van der Waals surface area (Å²) in [5, 5.41) is 11.2. The number of nitrogens with zero attached hydrogens (tertiary/aromatic N) is 3. The second kappa shape index (κ2) is 13.7. The molecular weight excluding hydrogens is 637 g/mol. The molecule has 6 nitrogen and oxygen atoms in total. The molecule has 2 aromatic heterocycles. The first kappa shape index (κ1) is 31.8. The van der Waals surface area contributed by atoms with Crippen LogP contribution in [0.2, 0.25) is 5.02 Å². The zero-order valence-corrected chi connectivity index (χ0v) is 27.7. The lowest BCUT2D eigenvalue weighted by atomic mass is 9.95. The summed E-state index contributed by atoms with van der Waals surface area (Å²) in [6.07, 6.45) is 7.71. The van der Waals surface area contributed by atoms with Crippen molar-refractivity contribution in [2.45, 2.75) is 51.7 Å². The largest absolute Gasteiger partial charge is 0.489 e. The number of carboxylic acids is 1.